The van der Waals surface area contributed by atoms with Crippen LogP contribution in [0.2, 0.25) is 0 Å². The van der Waals surface area contributed by atoms with Crippen LogP contribution in [0, 0.1) is 5.92 Å². The van der Waals surface area contributed by atoms with Gasteiger partial charge in [0.25, 0.3) is 5.56 Å². The first-order valence-corrected chi connectivity index (χ1v) is 12.4. The van der Waals surface area contributed by atoms with E-state index in [0.717, 1.165) is 50.2 Å². The lowest BCUT2D eigenvalue weighted by Gasteiger charge is -2.35. The summed E-state index contributed by atoms with van der Waals surface area (Å²) in [5.41, 5.74) is 4.52. The highest BCUT2D eigenvalue weighted by atomic mass is 16.2. The van der Waals surface area contributed by atoms with Gasteiger partial charge in [-0.05, 0) is 37.8 Å². The molecule has 1 amide bonds. The number of aromatic amines is 1. The van der Waals surface area contributed by atoms with E-state index in [0.29, 0.717) is 30.7 Å². The Morgan fingerprint density at radius 3 is 2.70 bits per heavy atom. The average Bonchev–Trinajstić information content (AvgIpc) is 3.23. The monoisotopic (exact) mass is 445 g/mol. The van der Waals surface area contributed by atoms with Crippen LogP contribution >= 0.6 is 0 Å². The zero-order valence-electron chi connectivity index (χ0n) is 19.0. The van der Waals surface area contributed by atoms with Crippen molar-refractivity contribution in [2.45, 2.75) is 64.1 Å². The van der Waals surface area contributed by atoms with Crippen LogP contribution in [0.4, 0.5) is 0 Å². The van der Waals surface area contributed by atoms with Crippen molar-refractivity contribution in [1.82, 2.24) is 24.4 Å². The smallest absolute Gasteiger partial charge is 0.277 e. The zero-order chi connectivity index (χ0) is 22.4. The Morgan fingerprint density at radius 1 is 1.06 bits per heavy atom. The molecule has 1 aromatic carbocycles. The van der Waals surface area contributed by atoms with Gasteiger partial charge in [-0.2, -0.15) is 0 Å². The van der Waals surface area contributed by atoms with Crippen LogP contribution in [-0.2, 0) is 24.3 Å². The number of carbonyl (C=O) groups is 1. The van der Waals surface area contributed by atoms with Crippen molar-refractivity contribution in [3.8, 4) is 0 Å². The van der Waals surface area contributed by atoms with Gasteiger partial charge in [0, 0.05) is 31.5 Å². The maximum Gasteiger partial charge on any atom is 0.277 e. The van der Waals surface area contributed by atoms with Crippen LogP contribution in [0.25, 0.3) is 5.65 Å². The van der Waals surface area contributed by atoms with Gasteiger partial charge in [0.1, 0.15) is 0 Å². The third-order valence-corrected chi connectivity index (χ3v) is 7.75. The molecular formula is C26H31N5O2. The first-order valence-electron chi connectivity index (χ1n) is 12.4. The summed E-state index contributed by atoms with van der Waals surface area (Å²) in [4.78, 5) is 35.4. The molecule has 1 atom stereocenters. The second-order valence-corrected chi connectivity index (χ2v) is 9.85. The SMILES string of the molecule is O=C(C1CCC1)N1CCc2nc3cc([C@@H]4CCCCN4Cc4ccccc4)[nH]n3c(=O)c2C1. The Labute approximate surface area is 193 Å². The number of rotatable bonds is 4. The summed E-state index contributed by atoms with van der Waals surface area (Å²) in [5.74, 6) is 0.368. The molecule has 33 heavy (non-hydrogen) atoms. The fourth-order valence-electron chi connectivity index (χ4n) is 5.62. The van der Waals surface area contributed by atoms with Crippen molar-refractivity contribution >= 4 is 11.6 Å². The minimum atomic E-state index is -0.0576. The van der Waals surface area contributed by atoms with E-state index in [4.69, 9.17) is 4.98 Å². The molecule has 4 heterocycles. The number of hydrogen-bond acceptors (Lipinski definition) is 4. The maximum absolute atomic E-state index is 13.4. The fourth-order valence-corrected chi connectivity index (χ4v) is 5.62. The molecule has 7 heteroatoms. The summed E-state index contributed by atoms with van der Waals surface area (Å²) in [6.07, 6.45) is 7.21. The Hall–Kier alpha value is -2.93. The first kappa shape index (κ1) is 20.7. The van der Waals surface area contributed by atoms with Crippen molar-refractivity contribution in [2.24, 2.45) is 5.92 Å². The summed E-state index contributed by atoms with van der Waals surface area (Å²) < 4.78 is 1.60. The quantitative estimate of drug-likeness (QED) is 0.668. The Bertz CT molecular complexity index is 1230. The Kier molecular flexibility index (Phi) is 5.29. The van der Waals surface area contributed by atoms with Crippen molar-refractivity contribution in [1.29, 1.82) is 0 Å². The highest BCUT2D eigenvalue weighted by Gasteiger charge is 2.33. The van der Waals surface area contributed by atoms with Gasteiger partial charge in [-0.1, -0.05) is 43.2 Å². The van der Waals surface area contributed by atoms with Gasteiger partial charge < -0.3 is 4.90 Å². The van der Waals surface area contributed by atoms with Crippen LogP contribution in [0.3, 0.4) is 0 Å². The molecule has 1 saturated heterocycles. The Morgan fingerprint density at radius 2 is 1.91 bits per heavy atom. The summed E-state index contributed by atoms with van der Waals surface area (Å²) >= 11 is 0. The molecule has 6 rings (SSSR count). The van der Waals surface area contributed by atoms with Crippen molar-refractivity contribution < 1.29 is 4.79 Å². The number of nitrogens with zero attached hydrogens (tertiary/aromatic N) is 4. The van der Waals surface area contributed by atoms with Crippen molar-refractivity contribution in [3.05, 3.63) is 69.3 Å². The number of benzene rings is 1. The lowest BCUT2D eigenvalue weighted by molar-refractivity contribution is -0.139. The number of likely N-dealkylation sites (tertiary alicyclic amines) is 1. The van der Waals surface area contributed by atoms with Gasteiger partial charge >= 0.3 is 0 Å². The van der Waals surface area contributed by atoms with Crippen LogP contribution in [0.1, 0.15) is 67.1 Å². The lowest BCUT2D eigenvalue weighted by atomic mass is 9.84. The summed E-state index contributed by atoms with van der Waals surface area (Å²) in [5, 5.41) is 3.39. The van der Waals surface area contributed by atoms with E-state index >= 15 is 0 Å². The highest BCUT2D eigenvalue weighted by Crippen LogP contribution is 2.32. The number of nitrogens with one attached hydrogen (secondary N) is 1. The lowest BCUT2D eigenvalue weighted by Crippen LogP contribution is -2.44. The van der Waals surface area contributed by atoms with E-state index in [-0.39, 0.29) is 23.4 Å². The molecule has 0 radical (unpaired) electrons. The van der Waals surface area contributed by atoms with Gasteiger partial charge in [0.2, 0.25) is 5.91 Å². The molecule has 2 aliphatic heterocycles. The van der Waals surface area contributed by atoms with Crippen LogP contribution in [-0.4, -0.2) is 43.4 Å². The molecule has 1 saturated carbocycles. The van der Waals surface area contributed by atoms with Crippen molar-refractivity contribution in [2.75, 3.05) is 13.1 Å². The standard InChI is InChI=1S/C26H31N5O2/c32-25(19-9-6-10-19)30-14-12-21-20(17-30)26(33)31-24(27-21)15-22(28-31)23-11-4-5-13-29(23)16-18-7-2-1-3-8-18/h1-3,7-8,15,19,23,28H,4-6,9-14,16-17H2/t23-/m0/s1. The second-order valence-electron chi connectivity index (χ2n) is 9.85. The molecule has 3 aromatic rings. The number of carbonyl (C=O) groups excluding carboxylic acids is 1. The first-order chi connectivity index (χ1) is 16.2. The maximum atomic E-state index is 13.4. The number of fused-ring (bicyclic) bond motifs is 2. The van der Waals surface area contributed by atoms with Gasteiger partial charge in [-0.15, -0.1) is 0 Å². The third kappa shape index (κ3) is 3.78. The topological polar surface area (TPSA) is 73.7 Å². The van der Waals surface area contributed by atoms with E-state index in [9.17, 15) is 9.59 Å². The number of H-pyrrole nitrogens is 1. The molecule has 1 aliphatic carbocycles. The number of hydrogen-bond donors (Lipinski definition) is 1. The van der Waals surface area contributed by atoms with Crippen LogP contribution < -0.4 is 5.56 Å². The molecule has 7 nitrogen and oxygen atoms in total. The summed E-state index contributed by atoms with van der Waals surface area (Å²) in [6.45, 7) is 3.00. The molecule has 0 bridgehead atoms. The zero-order valence-corrected chi connectivity index (χ0v) is 19.0. The van der Waals surface area contributed by atoms with Crippen LogP contribution in [0.15, 0.2) is 41.2 Å². The average molecular weight is 446 g/mol. The van der Waals surface area contributed by atoms with E-state index in [2.05, 4.69) is 46.4 Å². The van der Waals surface area contributed by atoms with Gasteiger partial charge in [-0.3, -0.25) is 19.6 Å². The van der Waals surface area contributed by atoms with Crippen LogP contribution in [0.5, 0.6) is 0 Å². The minimum Gasteiger partial charge on any atom is -0.337 e. The molecule has 0 unspecified atom stereocenters. The van der Waals surface area contributed by atoms with Gasteiger partial charge in [0.05, 0.1) is 29.5 Å². The summed E-state index contributed by atoms with van der Waals surface area (Å²) in [7, 11) is 0. The molecular weight excluding hydrogens is 414 g/mol. The molecule has 1 N–H and O–H groups in total. The highest BCUT2D eigenvalue weighted by molar-refractivity contribution is 5.79. The molecule has 0 spiro atoms. The third-order valence-electron chi connectivity index (χ3n) is 7.75. The van der Waals surface area contributed by atoms with E-state index in [1.165, 1.54) is 18.4 Å². The number of aromatic nitrogens is 3. The molecule has 2 fully saturated rings. The normalized spacial score (nSPS) is 21.7. The summed E-state index contributed by atoms with van der Waals surface area (Å²) in [6, 6.07) is 12.9. The fraction of sp³-hybridized carbons (Fsp3) is 0.500. The number of amides is 1. The van der Waals surface area contributed by atoms with E-state index in [1.54, 1.807) is 4.52 Å². The predicted molar refractivity (Wildman–Crippen MR) is 126 cm³/mol. The number of piperidine rings is 1. The van der Waals surface area contributed by atoms with E-state index < -0.39 is 0 Å². The van der Waals surface area contributed by atoms with Gasteiger partial charge in [-0.25, -0.2) is 9.50 Å². The minimum absolute atomic E-state index is 0.0576. The second kappa shape index (κ2) is 8.45. The Balaban J connectivity index is 1.29. The molecule has 172 valence electrons. The van der Waals surface area contributed by atoms with Crippen molar-refractivity contribution in [3.63, 3.8) is 0 Å². The molecule has 3 aliphatic rings. The van der Waals surface area contributed by atoms with Gasteiger partial charge in [0.15, 0.2) is 5.65 Å². The van der Waals surface area contributed by atoms with E-state index in [1.807, 2.05) is 4.90 Å². The molecule has 2 aromatic heterocycles. The largest absolute Gasteiger partial charge is 0.337 e. The predicted octanol–water partition coefficient (Wildman–Crippen LogP) is 3.43.